The van der Waals surface area contributed by atoms with Gasteiger partial charge in [-0.1, -0.05) is 35.0 Å². The first kappa shape index (κ1) is 14.3. The zero-order valence-corrected chi connectivity index (χ0v) is 13.4. The second kappa shape index (κ2) is 5.98. The molecule has 0 saturated carbocycles. The number of hydrogen-bond acceptors (Lipinski definition) is 1. The number of benzene rings is 2. The van der Waals surface area contributed by atoms with E-state index >= 15 is 0 Å². The Bertz CT molecular complexity index is 759. The molecule has 0 aliphatic heterocycles. The van der Waals surface area contributed by atoms with E-state index in [0.29, 0.717) is 6.54 Å². The van der Waals surface area contributed by atoms with Gasteiger partial charge in [-0.15, -0.1) is 0 Å². The molecule has 0 aliphatic rings. The molecule has 2 nitrogen and oxygen atoms in total. The summed E-state index contributed by atoms with van der Waals surface area (Å²) < 4.78 is 16.5. The van der Waals surface area contributed by atoms with Crippen molar-refractivity contribution in [2.24, 2.45) is 0 Å². The van der Waals surface area contributed by atoms with Gasteiger partial charge in [-0.25, -0.2) is 9.37 Å². The second-order valence-electron chi connectivity index (χ2n) is 5.13. The van der Waals surface area contributed by atoms with E-state index in [9.17, 15) is 4.39 Å². The van der Waals surface area contributed by atoms with E-state index in [2.05, 4.69) is 33.5 Å². The largest absolute Gasteiger partial charge is 0.323 e. The average Bonchev–Trinajstić information content (AvgIpc) is 2.76. The molecule has 1 heterocycles. The van der Waals surface area contributed by atoms with Gasteiger partial charge in [-0.05, 0) is 42.3 Å². The lowest BCUT2D eigenvalue weighted by molar-refractivity contribution is 0.621. The number of aromatic nitrogens is 2. The third-order valence-electron chi connectivity index (χ3n) is 3.47. The van der Waals surface area contributed by atoms with Gasteiger partial charge in [0.25, 0.3) is 0 Å². The highest BCUT2D eigenvalue weighted by atomic mass is 79.9. The molecule has 21 heavy (non-hydrogen) atoms. The second-order valence-corrected chi connectivity index (χ2v) is 6.05. The minimum atomic E-state index is -0.221. The monoisotopic (exact) mass is 346 g/mol. The first-order valence-corrected chi connectivity index (χ1v) is 7.86. The minimum Gasteiger partial charge on any atom is -0.323 e. The number of fused-ring (bicyclic) bond motifs is 1. The molecule has 4 heteroatoms. The van der Waals surface area contributed by atoms with Gasteiger partial charge in [0.05, 0.1) is 11.0 Å². The van der Waals surface area contributed by atoms with Gasteiger partial charge in [0, 0.05) is 17.4 Å². The van der Waals surface area contributed by atoms with Crippen molar-refractivity contribution >= 4 is 27.0 Å². The highest BCUT2D eigenvalue weighted by molar-refractivity contribution is 9.10. The van der Waals surface area contributed by atoms with E-state index in [1.165, 1.54) is 6.07 Å². The van der Waals surface area contributed by atoms with E-state index in [4.69, 9.17) is 4.98 Å². The van der Waals surface area contributed by atoms with Crippen molar-refractivity contribution in [3.8, 4) is 0 Å². The van der Waals surface area contributed by atoms with E-state index in [1.807, 2.05) is 24.3 Å². The molecule has 0 unspecified atom stereocenters. The zero-order chi connectivity index (χ0) is 14.8. The Morgan fingerprint density at radius 2 is 2.00 bits per heavy atom. The minimum absolute atomic E-state index is 0.221. The van der Waals surface area contributed by atoms with Crippen molar-refractivity contribution in [1.29, 1.82) is 0 Å². The van der Waals surface area contributed by atoms with Crippen LogP contribution >= 0.6 is 15.9 Å². The molecule has 2 aromatic carbocycles. The third kappa shape index (κ3) is 3.00. The Morgan fingerprint density at radius 3 is 2.76 bits per heavy atom. The first-order valence-electron chi connectivity index (χ1n) is 7.06. The van der Waals surface area contributed by atoms with Crippen LogP contribution in [-0.4, -0.2) is 9.55 Å². The third-order valence-corrected chi connectivity index (χ3v) is 3.93. The van der Waals surface area contributed by atoms with Crippen LogP contribution in [0.5, 0.6) is 0 Å². The molecule has 108 valence electrons. The van der Waals surface area contributed by atoms with Crippen molar-refractivity contribution < 1.29 is 4.39 Å². The zero-order valence-electron chi connectivity index (χ0n) is 11.8. The van der Waals surface area contributed by atoms with Gasteiger partial charge >= 0.3 is 0 Å². The van der Waals surface area contributed by atoms with E-state index < -0.39 is 0 Å². The lowest BCUT2D eigenvalue weighted by Gasteiger charge is -2.09. The van der Waals surface area contributed by atoms with Gasteiger partial charge in [0.1, 0.15) is 11.6 Å². The number of halogens is 2. The Hall–Kier alpha value is -1.68. The number of aryl methyl sites for hydroxylation is 1. The molecule has 1 aromatic heterocycles. The summed E-state index contributed by atoms with van der Waals surface area (Å²) in [7, 11) is 0. The van der Waals surface area contributed by atoms with Crippen LogP contribution in [0.25, 0.3) is 11.0 Å². The number of hydrogen-bond donors (Lipinski definition) is 0. The number of imidazole rings is 1. The van der Waals surface area contributed by atoms with Crippen LogP contribution in [0.3, 0.4) is 0 Å². The first-order chi connectivity index (χ1) is 10.2. The van der Waals surface area contributed by atoms with Crippen molar-refractivity contribution in [1.82, 2.24) is 9.55 Å². The summed E-state index contributed by atoms with van der Waals surface area (Å²) in [6.07, 6.45) is 1.96. The fourth-order valence-electron chi connectivity index (χ4n) is 2.60. The molecule has 0 spiro atoms. The smallest absolute Gasteiger partial charge is 0.124 e. The lowest BCUT2D eigenvalue weighted by atomic mass is 10.2. The lowest BCUT2D eigenvalue weighted by Crippen LogP contribution is -2.05. The van der Waals surface area contributed by atoms with Gasteiger partial charge in [-0.2, -0.15) is 0 Å². The van der Waals surface area contributed by atoms with Crippen LogP contribution in [0.1, 0.15) is 24.7 Å². The topological polar surface area (TPSA) is 17.8 Å². The number of para-hydroxylation sites is 2. The highest BCUT2D eigenvalue weighted by Crippen LogP contribution is 2.21. The molecule has 0 aliphatic carbocycles. The summed E-state index contributed by atoms with van der Waals surface area (Å²) in [5.74, 6) is 0.833. The molecule has 0 fully saturated rings. The quantitative estimate of drug-likeness (QED) is 0.654. The normalized spacial score (nSPS) is 11.2. The van der Waals surface area contributed by atoms with Crippen LogP contribution in [0.15, 0.2) is 46.9 Å². The fraction of sp³-hybridized carbons (Fsp3) is 0.235. The Balaban J connectivity index is 2.07. The molecular weight excluding hydrogens is 331 g/mol. The molecule has 0 radical (unpaired) electrons. The van der Waals surface area contributed by atoms with Crippen LogP contribution in [0.4, 0.5) is 4.39 Å². The summed E-state index contributed by atoms with van der Waals surface area (Å²) in [4.78, 5) is 4.70. The maximum atomic E-state index is 13.6. The molecule has 0 amide bonds. The molecule has 0 atom stereocenters. The van der Waals surface area contributed by atoms with Crippen molar-refractivity contribution in [3.63, 3.8) is 0 Å². The summed E-state index contributed by atoms with van der Waals surface area (Å²) in [5.41, 5.74) is 3.03. The summed E-state index contributed by atoms with van der Waals surface area (Å²) in [5, 5.41) is 0. The van der Waals surface area contributed by atoms with Crippen molar-refractivity contribution in [2.45, 2.75) is 26.3 Å². The highest BCUT2D eigenvalue weighted by Gasteiger charge is 2.10. The Labute approximate surface area is 131 Å². The average molecular weight is 347 g/mol. The van der Waals surface area contributed by atoms with Gasteiger partial charge in [0.2, 0.25) is 0 Å². The SMILES string of the molecule is CCCc1nc2ccccc2n1Cc1cc(F)cc(Br)c1. The predicted octanol–water partition coefficient (Wildman–Crippen LogP) is 4.94. The molecular formula is C17H16BrFN2. The van der Waals surface area contributed by atoms with Crippen LogP contribution in [-0.2, 0) is 13.0 Å². The Kier molecular flexibility index (Phi) is 4.06. The van der Waals surface area contributed by atoms with Gasteiger partial charge in [0.15, 0.2) is 0 Å². The van der Waals surface area contributed by atoms with Crippen LogP contribution in [0, 0.1) is 5.82 Å². The molecule has 3 aromatic rings. The van der Waals surface area contributed by atoms with Crippen LogP contribution < -0.4 is 0 Å². The van der Waals surface area contributed by atoms with E-state index in [-0.39, 0.29) is 5.82 Å². The number of rotatable bonds is 4. The predicted molar refractivity (Wildman–Crippen MR) is 86.9 cm³/mol. The molecule has 0 saturated heterocycles. The van der Waals surface area contributed by atoms with Crippen LogP contribution in [0.2, 0.25) is 0 Å². The summed E-state index contributed by atoms with van der Waals surface area (Å²) >= 11 is 3.35. The van der Waals surface area contributed by atoms with E-state index in [1.54, 1.807) is 6.07 Å². The summed E-state index contributed by atoms with van der Waals surface area (Å²) in [6.45, 7) is 2.77. The summed E-state index contributed by atoms with van der Waals surface area (Å²) in [6, 6.07) is 13.1. The molecule has 3 rings (SSSR count). The fourth-order valence-corrected chi connectivity index (χ4v) is 3.11. The Morgan fingerprint density at radius 1 is 1.19 bits per heavy atom. The standard InChI is InChI=1S/C17H16BrFN2/c1-2-5-17-20-15-6-3-4-7-16(15)21(17)11-12-8-13(18)10-14(19)9-12/h3-4,6-10H,2,5,11H2,1H3. The number of nitrogens with zero attached hydrogens (tertiary/aromatic N) is 2. The van der Waals surface area contributed by atoms with Crippen molar-refractivity contribution in [3.05, 3.63) is 64.1 Å². The maximum Gasteiger partial charge on any atom is 0.124 e. The maximum absolute atomic E-state index is 13.6. The van der Waals surface area contributed by atoms with E-state index in [0.717, 1.165) is 39.7 Å². The molecule has 0 N–H and O–H groups in total. The van der Waals surface area contributed by atoms with Gasteiger partial charge in [-0.3, -0.25) is 0 Å². The molecule has 0 bridgehead atoms. The van der Waals surface area contributed by atoms with Crippen molar-refractivity contribution in [2.75, 3.05) is 0 Å². The van der Waals surface area contributed by atoms with Gasteiger partial charge < -0.3 is 4.57 Å².